The minimum absolute atomic E-state index is 0.0265. The Morgan fingerprint density at radius 2 is 1.48 bits per heavy atom. The van der Waals surface area contributed by atoms with E-state index in [9.17, 15) is 8.78 Å². The summed E-state index contributed by atoms with van der Waals surface area (Å²) in [5.41, 5.74) is 1.11. The molecule has 0 aliphatic heterocycles. The molecule has 0 spiro atoms. The summed E-state index contributed by atoms with van der Waals surface area (Å²) in [4.78, 5) is 0. The molecule has 3 aromatic carbocycles. The number of para-hydroxylation sites is 1. The first kappa shape index (κ1) is 18.7. The van der Waals surface area contributed by atoms with Gasteiger partial charge in [-0.2, -0.15) is 5.26 Å². The molecule has 0 saturated carbocycles. The largest absolute Gasteiger partial charge is 0.496 e. The molecule has 3 aromatic rings. The van der Waals surface area contributed by atoms with E-state index >= 15 is 0 Å². The molecule has 3 rings (SSSR count). The van der Waals surface area contributed by atoms with Crippen molar-refractivity contribution in [2.24, 2.45) is 0 Å². The second-order valence-corrected chi connectivity index (χ2v) is 6.04. The molecule has 0 unspecified atom stereocenters. The first-order valence-corrected chi connectivity index (χ1v) is 8.29. The number of nitriles is 1. The third-order valence-corrected chi connectivity index (χ3v) is 4.46. The van der Waals surface area contributed by atoms with Gasteiger partial charge in [0.2, 0.25) is 0 Å². The first-order valence-electron chi connectivity index (χ1n) is 7.91. The molecular weight excluding hydrogens is 372 g/mol. The Balaban J connectivity index is 2.18. The highest BCUT2D eigenvalue weighted by molar-refractivity contribution is 6.32. The SMILES string of the molecule is COc1cc(C#N)ccc1-c1ccc(-c2cccc(Cl)c2OC)c(F)c1F. The minimum atomic E-state index is -1.03. The smallest absolute Gasteiger partial charge is 0.167 e. The number of hydrogen-bond donors (Lipinski definition) is 0. The fourth-order valence-electron chi connectivity index (χ4n) is 2.88. The molecule has 3 nitrogen and oxygen atoms in total. The van der Waals surface area contributed by atoms with Crippen molar-refractivity contribution in [2.45, 2.75) is 0 Å². The molecule has 0 fully saturated rings. The van der Waals surface area contributed by atoms with E-state index in [-0.39, 0.29) is 22.6 Å². The van der Waals surface area contributed by atoms with Crippen LogP contribution < -0.4 is 9.47 Å². The quantitative estimate of drug-likeness (QED) is 0.566. The van der Waals surface area contributed by atoms with Crippen LogP contribution in [0.4, 0.5) is 8.78 Å². The molecule has 0 saturated heterocycles. The molecule has 0 N–H and O–H groups in total. The van der Waals surface area contributed by atoms with Crippen molar-refractivity contribution < 1.29 is 18.3 Å². The summed E-state index contributed by atoms with van der Waals surface area (Å²) < 4.78 is 40.3. The fraction of sp³-hybridized carbons (Fsp3) is 0.0952. The molecule has 0 aromatic heterocycles. The second-order valence-electron chi connectivity index (χ2n) is 5.64. The van der Waals surface area contributed by atoms with Gasteiger partial charge in [-0.3, -0.25) is 0 Å². The van der Waals surface area contributed by atoms with Crippen molar-refractivity contribution >= 4 is 11.6 Å². The van der Waals surface area contributed by atoms with Gasteiger partial charge in [0.15, 0.2) is 11.6 Å². The predicted octanol–water partition coefficient (Wildman–Crippen LogP) is 5.84. The Morgan fingerprint density at radius 1 is 0.852 bits per heavy atom. The number of hydrogen-bond acceptors (Lipinski definition) is 3. The van der Waals surface area contributed by atoms with Gasteiger partial charge in [0, 0.05) is 22.3 Å². The fourth-order valence-corrected chi connectivity index (χ4v) is 3.13. The monoisotopic (exact) mass is 385 g/mol. The lowest BCUT2D eigenvalue weighted by Gasteiger charge is -2.14. The molecule has 136 valence electrons. The summed E-state index contributed by atoms with van der Waals surface area (Å²) in [6.07, 6.45) is 0. The Morgan fingerprint density at radius 3 is 2.07 bits per heavy atom. The number of halogens is 3. The van der Waals surface area contributed by atoms with Gasteiger partial charge in [-0.1, -0.05) is 35.9 Å². The standard InChI is InChI=1S/C21H14ClF2NO2/c1-26-18-10-12(11-25)6-7-13(18)14-8-9-15(20(24)19(14)23)16-4-3-5-17(22)21(16)27-2/h3-10H,1-2H3. The lowest BCUT2D eigenvalue weighted by Crippen LogP contribution is -1.98. The van der Waals surface area contributed by atoms with Crippen molar-refractivity contribution in [1.82, 2.24) is 0 Å². The molecule has 0 radical (unpaired) electrons. The van der Waals surface area contributed by atoms with Gasteiger partial charge >= 0.3 is 0 Å². The van der Waals surface area contributed by atoms with Gasteiger partial charge in [-0.15, -0.1) is 0 Å². The van der Waals surface area contributed by atoms with Gasteiger partial charge in [0.1, 0.15) is 11.5 Å². The Labute approximate surface area is 160 Å². The van der Waals surface area contributed by atoms with Crippen molar-refractivity contribution in [2.75, 3.05) is 14.2 Å². The molecule has 0 aliphatic rings. The number of nitrogens with zero attached hydrogens (tertiary/aromatic N) is 1. The minimum Gasteiger partial charge on any atom is -0.496 e. The van der Waals surface area contributed by atoms with E-state index in [0.717, 1.165) is 0 Å². The highest BCUT2D eigenvalue weighted by atomic mass is 35.5. The van der Waals surface area contributed by atoms with Gasteiger partial charge in [-0.05, 0) is 24.3 Å². The third-order valence-electron chi connectivity index (χ3n) is 4.16. The maximum Gasteiger partial charge on any atom is 0.167 e. The van der Waals surface area contributed by atoms with Crippen molar-refractivity contribution in [3.63, 3.8) is 0 Å². The van der Waals surface area contributed by atoms with E-state index in [2.05, 4.69) is 0 Å². The maximum absolute atomic E-state index is 14.9. The van der Waals surface area contributed by atoms with Gasteiger partial charge in [0.05, 0.1) is 30.9 Å². The summed E-state index contributed by atoms with van der Waals surface area (Å²) in [7, 11) is 2.81. The molecule has 0 aliphatic carbocycles. The van der Waals surface area contributed by atoms with Gasteiger partial charge in [-0.25, -0.2) is 8.78 Å². The Kier molecular flexibility index (Phi) is 5.29. The van der Waals surface area contributed by atoms with Crippen LogP contribution in [0.5, 0.6) is 11.5 Å². The molecule has 0 amide bonds. The topological polar surface area (TPSA) is 42.2 Å². The van der Waals surface area contributed by atoms with Crippen LogP contribution in [0.15, 0.2) is 48.5 Å². The van der Waals surface area contributed by atoms with E-state index in [0.29, 0.717) is 21.7 Å². The molecule has 0 heterocycles. The normalized spacial score (nSPS) is 10.4. The summed E-state index contributed by atoms with van der Waals surface area (Å²) in [5, 5.41) is 9.29. The number of rotatable bonds is 4. The van der Waals surface area contributed by atoms with E-state index in [1.165, 1.54) is 44.6 Å². The molecular formula is C21H14ClF2NO2. The number of methoxy groups -OCH3 is 2. The van der Waals surface area contributed by atoms with Crippen LogP contribution >= 0.6 is 11.6 Å². The molecule has 6 heteroatoms. The van der Waals surface area contributed by atoms with E-state index < -0.39 is 11.6 Å². The summed E-state index contributed by atoms with van der Waals surface area (Å²) >= 11 is 6.08. The summed E-state index contributed by atoms with van der Waals surface area (Å²) in [6, 6.07) is 14.2. The average molecular weight is 386 g/mol. The van der Waals surface area contributed by atoms with Gasteiger partial charge < -0.3 is 9.47 Å². The molecule has 0 atom stereocenters. The average Bonchev–Trinajstić information content (AvgIpc) is 2.69. The van der Waals surface area contributed by atoms with Crippen LogP contribution in [0.25, 0.3) is 22.3 Å². The van der Waals surface area contributed by atoms with E-state index in [1.54, 1.807) is 18.2 Å². The Bertz CT molecular complexity index is 1060. The van der Waals surface area contributed by atoms with Crippen molar-refractivity contribution in [3.8, 4) is 39.8 Å². The first-order chi connectivity index (χ1) is 13.0. The van der Waals surface area contributed by atoms with Crippen LogP contribution in [0.1, 0.15) is 5.56 Å². The van der Waals surface area contributed by atoms with Gasteiger partial charge in [0.25, 0.3) is 0 Å². The van der Waals surface area contributed by atoms with E-state index in [4.69, 9.17) is 26.3 Å². The molecule has 27 heavy (non-hydrogen) atoms. The zero-order chi connectivity index (χ0) is 19.6. The van der Waals surface area contributed by atoms with Crippen LogP contribution in [0.2, 0.25) is 5.02 Å². The third kappa shape index (κ3) is 3.32. The zero-order valence-corrected chi connectivity index (χ0v) is 15.3. The second kappa shape index (κ2) is 7.65. The van der Waals surface area contributed by atoms with Crippen LogP contribution in [-0.2, 0) is 0 Å². The van der Waals surface area contributed by atoms with Crippen molar-refractivity contribution in [3.05, 3.63) is 70.8 Å². The zero-order valence-electron chi connectivity index (χ0n) is 14.5. The molecule has 0 bridgehead atoms. The predicted molar refractivity (Wildman–Crippen MR) is 100 cm³/mol. The summed E-state index contributed by atoms with van der Waals surface area (Å²) in [5.74, 6) is -1.52. The van der Waals surface area contributed by atoms with Crippen LogP contribution in [0, 0.1) is 23.0 Å². The highest BCUT2D eigenvalue weighted by Crippen LogP contribution is 2.40. The van der Waals surface area contributed by atoms with Crippen LogP contribution in [-0.4, -0.2) is 14.2 Å². The summed E-state index contributed by atoms with van der Waals surface area (Å²) in [6.45, 7) is 0. The Hall–Kier alpha value is -3.10. The lowest BCUT2D eigenvalue weighted by molar-refractivity contribution is 0.415. The maximum atomic E-state index is 14.9. The number of benzene rings is 3. The van der Waals surface area contributed by atoms with E-state index in [1.807, 2.05) is 6.07 Å². The number of ether oxygens (including phenoxy) is 2. The van der Waals surface area contributed by atoms with Crippen LogP contribution in [0.3, 0.4) is 0 Å². The highest BCUT2D eigenvalue weighted by Gasteiger charge is 2.21. The lowest BCUT2D eigenvalue weighted by atomic mass is 9.97. The van der Waals surface area contributed by atoms with Crippen molar-refractivity contribution in [1.29, 1.82) is 5.26 Å².